The molecule has 0 bridgehead atoms. The summed E-state index contributed by atoms with van der Waals surface area (Å²) < 4.78 is 16.8. The molecule has 1 fully saturated rings. The Labute approximate surface area is 198 Å². The van der Waals surface area contributed by atoms with Crippen LogP contribution in [-0.4, -0.2) is 74.4 Å². The Morgan fingerprint density at radius 1 is 1.24 bits per heavy atom. The minimum atomic E-state index is -0.610. The molecular weight excluding hydrogens is 418 g/mol. The highest BCUT2D eigenvalue weighted by Crippen LogP contribution is 2.35. The van der Waals surface area contributed by atoms with Crippen LogP contribution < -0.4 is 4.90 Å². The molecule has 33 heavy (non-hydrogen) atoms. The van der Waals surface area contributed by atoms with Crippen molar-refractivity contribution in [3.63, 3.8) is 0 Å². The van der Waals surface area contributed by atoms with Crippen LogP contribution in [0.2, 0.25) is 0 Å². The highest BCUT2D eigenvalue weighted by atomic mass is 16.5. The van der Waals surface area contributed by atoms with Crippen molar-refractivity contribution in [3.05, 3.63) is 48.6 Å². The van der Waals surface area contributed by atoms with Gasteiger partial charge in [0.1, 0.15) is 5.69 Å². The number of hydrogen-bond donors (Lipinski definition) is 1. The summed E-state index contributed by atoms with van der Waals surface area (Å²) in [5.74, 6) is 0.820. The number of aliphatic hydroxyl groups is 1. The van der Waals surface area contributed by atoms with Crippen molar-refractivity contribution in [2.75, 3.05) is 52.0 Å². The molecule has 0 radical (unpaired) electrons. The topological polar surface area (TPSA) is 71.2 Å². The van der Waals surface area contributed by atoms with Crippen molar-refractivity contribution in [2.24, 2.45) is 0 Å². The van der Waals surface area contributed by atoms with Crippen LogP contribution in [-0.2, 0) is 16.0 Å². The Hall–Kier alpha value is -2.19. The van der Waals surface area contributed by atoms with Crippen LogP contribution in [0.25, 0.3) is 11.3 Å². The number of aromatic nitrogens is 1. The summed E-state index contributed by atoms with van der Waals surface area (Å²) in [5, 5.41) is 15.1. The fourth-order valence-electron chi connectivity index (χ4n) is 4.49. The summed E-state index contributed by atoms with van der Waals surface area (Å²) >= 11 is 0. The molecule has 2 aromatic rings. The van der Waals surface area contributed by atoms with Gasteiger partial charge in [-0.05, 0) is 12.8 Å². The Kier molecular flexibility index (Phi) is 10.4. The van der Waals surface area contributed by atoms with Gasteiger partial charge in [-0.3, -0.25) is 4.90 Å². The number of aliphatic hydroxyl groups excluding tert-OH is 1. The average molecular weight is 458 g/mol. The molecule has 7 nitrogen and oxygen atoms in total. The second-order valence-electron chi connectivity index (χ2n) is 8.79. The summed E-state index contributed by atoms with van der Waals surface area (Å²) in [5.41, 5.74) is 2.93. The Morgan fingerprint density at radius 2 is 2.00 bits per heavy atom. The van der Waals surface area contributed by atoms with E-state index in [0.717, 1.165) is 22.7 Å². The van der Waals surface area contributed by atoms with Crippen molar-refractivity contribution in [1.29, 1.82) is 0 Å². The first-order chi connectivity index (χ1) is 16.1. The molecule has 1 atom stereocenters. The monoisotopic (exact) mass is 457 g/mol. The predicted octanol–water partition coefficient (Wildman–Crippen LogP) is 4.12. The van der Waals surface area contributed by atoms with Crippen LogP contribution in [0.4, 0.5) is 5.88 Å². The summed E-state index contributed by atoms with van der Waals surface area (Å²) in [4.78, 5) is 4.45. The van der Waals surface area contributed by atoms with Crippen molar-refractivity contribution in [3.8, 4) is 11.3 Å². The molecule has 1 saturated carbocycles. The van der Waals surface area contributed by atoms with Crippen LogP contribution in [0.1, 0.15) is 37.7 Å². The lowest BCUT2D eigenvalue weighted by Gasteiger charge is -2.32. The standard InChI is InChI=1S/C26H39N3O4/c1-4-16-32-20-23(30)18-29(15-17-31-3)19-24-25(21-11-7-5-8-12-21)27-33-26(24)28(2)22-13-9-6-10-14-22/h4-5,7-8,11-12,22-23,30H,1,6,9-10,13-20H2,2-3H3. The van der Waals surface area contributed by atoms with Gasteiger partial charge in [0.15, 0.2) is 0 Å². The molecule has 3 rings (SSSR count). The number of rotatable bonds is 14. The van der Waals surface area contributed by atoms with Crippen molar-refractivity contribution >= 4 is 5.88 Å². The molecule has 1 aliphatic carbocycles. The third-order valence-corrected chi connectivity index (χ3v) is 6.27. The zero-order valence-electron chi connectivity index (χ0n) is 20.1. The summed E-state index contributed by atoms with van der Waals surface area (Å²) in [6, 6.07) is 10.6. The molecule has 1 unspecified atom stereocenters. The second-order valence-corrected chi connectivity index (χ2v) is 8.79. The number of benzene rings is 1. The molecule has 0 saturated heterocycles. The van der Waals surface area contributed by atoms with Crippen LogP contribution in [0, 0.1) is 0 Å². The highest BCUT2D eigenvalue weighted by molar-refractivity contribution is 5.68. The molecule has 1 aliphatic rings. The van der Waals surface area contributed by atoms with Crippen LogP contribution in [0.5, 0.6) is 0 Å². The smallest absolute Gasteiger partial charge is 0.232 e. The largest absolute Gasteiger partial charge is 0.389 e. The summed E-state index contributed by atoms with van der Waals surface area (Å²) in [6.45, 7) is 6.66. The van der Waals surface area contributed by atoms with E-state index < -0.39 is 6.10 Å². The molecule has 0 amide bonds. The van der Waals surface area contributed by atoms with Gasteiger partial charge in [0.25, 0.3) is 0 Å². The summed E-state index contributed by atoms with van der Waals surface area (Å²) in [7, 11) is 3.81. The normalized spacial score (nSPS) is 15.6. The molecule has 1 N–H and O–H groups in total. The van der Waals surface area contributed by atoms with Crippen LogP contribution >= 0.6 is 0 Å². The fourth-order valence-corrected chi connectivity index (χ4v) is 4.49. The average Bonchev–Trinajstić information content (AvgIpc) is 3.26. The van der Waals surface area contributed by atoms with E-state index in [1.54, 1.807) is 13.2 Å². The minimum absolute atomic E-state index is 0.263. The first-order valence-corrected chi connectivity index (χ1v) is 12.0. The van der Waals surface area contributed by atoms with E-state index in [2.05, 4.69) is 40.7 Å². The maximum atomic E-state index is 10.6. The Morgan fingerprint density at radius 3 is 2.70 bits per heavy atom. The Balaban J connectivity index is 1.85. The third-order valence-electron chi connectivity index (χ3n) is 6.27. The zero-order chi connectivity index (χ0) is 23.5. The predicted molar refractivity (Wildman–Crippen MR) is 131 cm³/mol. The number of ether oxygens (including phenoxy) is 2. The maximum Gasteiger partial charge on any atom is 0.232 e. The molecule has 182 valence electrons. The molecular formula is C26H39N3O4. The number of hydrogen-bond acceptors (Lipinski definition) is 7. The van der Waals surface area contributed by atoms with Gasteiger partial charge in [-0.25, -0.2) is 0 Å². The third kappa shape index (κ3) is 7.40. The minimum Gasteiger partial charge on any atom is -0.389 e. The van der Waals surface area contributed by atoms with E-state index in [4.69, 9.17) is 14.0 Å². The van der Waals surface area contributed by atoms with Crippen molar-refractivity contribution < 1.29 is 19.1 Å². The molecule has 0 aliphatic heterocycles. The van der Waals surface area contributed by atoms with Crippen molar-refractivity contribution in [1.82, 2.24) is 10.1 Å². The second kappa shape index (κ2) is 13.5. The highest BCUT2D eigenvalue weighted by Gasteiger charge is 2.28. The zero-order valence-corrected chi connectivity index (χ0v) is 20.1. The lowest BCUT2D eigenvalue weighted by molar-refractivity contribution is 0.0194. The van der Waals surface area contributed by atoms with Gasteiger partial charge in [-0.1, -0.05) is 60.8 Å². The van der Waals surface area contributed by atoms with Gasteiger partial charge < -0.3 is 24.0 Å². The van der Waals surface area contributed by atoms with Gasteiger partial charge in [-0.2, -0.15) is 0 Å². The number of methoxy groups -OCH3 is 1. The molecule has 1 aromatic heterocycles. The summed E-state index contributed by atoms with van der Waals surface area (Å²) in [6.07, 6.45) is 7.22. The SMILES string of the molecule is C=CCOCC(O)CN(CCOC)Cc1c(-c2ccccc2)noc1N(C)C1CCCCC1. The van der Waals surface area contributed by atoms with Gasteiger partial charge in [-0.15, -0.1) is 6.58 Å². The molecule has 1 aromatic carbocycles. The van der Waals surface area contributed by atoms with Gasteiger partial charge in [0.2, 0.25) is 5.88 Å². The van der Waals surface area contributed by atoms with E-state index in [1.165, 1.54) is 32.1 Å². The lowest BCUT2D eigenvalue weighted by atomic mass is 9.94. The van der Waals surface area contributed by atoms with Crippen molar-refractivity contribution in [2.45, 2.75) is 50.8 Å². The van der Waals surface area contributed by atoms with Gasteiger partial charge in [0.05, 0.1) is 31.5 Å². The van der Waals surface area contributed by atoms with E-state index in [-0.39, 0.29) is 6.61 Å². The molecule has 7 heteroatoms. The van der Waals surface area contributed by atoms with Crippen LogP contribution in [0.3, 0.4) is 0 Å². The maximum absolute atomic E-state index is 10.6. The number of anilines is 1. The first-order valence-electron chi connectivity index (χ1n) is 12.0. The van der Waals surface area contributed by atoms with Crippen LogP contribution in [0.15, 0.2) is 47.5 Å². The van der Waals surface area contributed by atoms with E-state index in [9.17, 15) is 5.11 Å². The lowest BCUT2D eigenvalue weighted by Crippen LogP contribution is -2.38. The van der Waals surface area contributed by atoms with Gasteiger partial charge in [0, 0.05) is 45.4 Å². The van der Waals surface area contributed by atoms with E-state index in [1.807, 2.05) is 18.2 Å². The molecule has 0 spiro atoms. The molecule has 1 heterocycles. The van der Waals surface area contributed by atoms with Gasteiger partial charge >= 0.3 is 0 Å². The quantitative estimate of drug-likeness (QED) is 0.338. The number of nitrogens with zero attached hydrogens (tertiary/aromatic N) is 3. The first kappa shape index (κ1) is 25.4. The Bertz CT molecular complexity index is 820. The van der Waals surface area contributed by atoms with E-state index >= 15 is 0 Å². The fraction of sp³-hybridized carbons (Fsp3) is 0.577. The van der Waals surface area contributed by atoms with E-state index in [0.29, 0.717) is 38.9 Å².